The summed E-state index contributed by atoms with van der Waals surface area (Å²) in [7, 11) is 1.72. The van der Waals surface area contributed by atoms with Gasteiger partial charge in [-0.15, -0.1) is 0 Å². The van der Waals surface area contributed by atoms with Gasteiger partial charge in [0.25, 0.3) is 0 Å². The van der Waals surface area contributed by atoms with Crippen LogP contribution in [0.3, 0.4) is 0 Å². The van der Waals surface area contributed by atoms with Gasteiger partial charge in [-0.1, -0.05) is 0 Å². The molecule has 0 saturated carbocycles. The number of aromatic nitrogens is 1. The molecule has 0 aliphatic carbocycles. The summed E-state index contributed by atoms with van der Waals surface area (Å²) in [5.74, 6) is -0.811. The Morgan fingerprint density at radius 1 is 1.48 bits per heavy atom. The lowest BCUT2D eigenvalue weighted by atomic mass is 9.98. The lowest BCUT2D eigenvalue weighted by molar-refractivity contribution is -0.137. The van der Waals surface area contributed by atoms with Crippen LogP contribution in [0.4, 0.5) is 10.5 Å². The highest BCUT2D eigenvalue weighted by Crippen LogP contribution is 2.23. The van der Waals surface area contributed by atoms with Gasteiger partial charge in [0.15, 0.2) is 0 Å². The quantitative estimate of drug-likeness (QED) is 0.924. The molecule has 0 spiro atoms. The molecule has 6 nitrogen and oxygen atoms in total. The number of hydrogen-bond acceptors (Lipinski definition) is 3. The summed E-state index contributed by atoms with van der Waals surface area (Å²) < 4.78 is 0. The molecule has 1 aromatic rings. The Hall–Kier alpha value is -2.11. The molecule has 1 saturated heterocycles. The molecule has 1 unspecified atom stereocenters. The van der Waals surface area contributed by atoms with Crippen molar-refractivity contribution in [3.05, 3.63) is 24.5 Å². The van der Waals surface area contributed by atoms with E-state index in [0.717, 1.165) is 24.9 Å². The van der Waals surface area contributed by atoms with Gasteiger partial charge in [-0.2, -0.15) is 0 Å². The average molecular weight is 291 g/mol. The zero-order valence-electron chi connectivity index (χ0n) is 12.2. The third kappa shape index (κ3) is 3.93. The first-order valence-electron chi connectivity index (χ1n) is 7.25. The van der Waals surface area contributed by atoms with Crippen LogP contribution in [0.1, 0.15) is 32.1 Å². The van der Waals surface area contributed by atoms with Gasteiger partial charge >= 0.3 is 12.0 Å². The fourth-order valence-electron chi connectivity index (χ4n) is 2.70. The number of nitrogens with zero attached hydrogens (tertiary/aromatic N) is 3. The van der Waals surface area contributed by atoms with E-state index in [4.69, 9.17) is 5.11 Å². The van der Waals surface area contributed by atoms with Crippen LogP contribution in [-0.4, -0.2) is 46.6 Å². The number of likely N-dealkylation sites (tertiary alicyclic amines) is 1. The number of carboxylic acids is 1. The van der Waals surface area contributed by atoms with Gasteiger partial charge in [-0.25, -0.2) is 4.79 Å². The van der Waals surface area contributed by atoms with Crippen molar-refractivity contribution in [2.24, 2.45) is 0 Å². The van der Waals surface area contributed by atoms with Crippen LogP contribution in [0.5, 0.6) is 0 Å². The molecule has 0 bridgehead atoms. The molecule has 1 N–H and O–H groups in total. The van der Waals surface area contributed by atoms with Crippen molar-refractivity contribution in [3.8, 4) is 0 Å². The maximum absolute atomic E-state index is 12.6. The number of carbonyl (C=O) groups is 2. The van der Waals surface area contributed by atoms with E-state index in [2.05, 4.69) is 4.98 Å². The van der Waals surface area contributed by atoms with E-state index in [0.29, 0.717) is 13.0 Å². The first kappa shape index (κ1) is 15.3. The molecule has 1 aliphatic rings. The third-order valence-corrected chi connectivity index (χ3v) is 3.88. The maximum atomic E-state index is 12.6. The van der Waals surface area contributed by atoms with Crippen molar-refractivity contribution in [1.29, 1.82) is 0 Å². The number of carbonyl (C=O) groups excluding carboxylic acids is 1. The highest BCUT2D eigenvalue weighted by molar-refractivity contribution is 5.91. The van der Waals surface area contributed by atoms with Gasteiger partial charge in [0, 0.05) is 32.3 Å². The van der Waals surface area contributed by atoms with E-state index in [-0.39, 0.29) is 18.5 Å². The van der Waals surface area contributed by atoms with E-state index in [9.17, 15) is 9.59 Å². The minimum atomic E-state index is -0.811. The van der Waals surface area contributed by atoms with Crippen molar-refractivity contribution in [2.45, 2.75) is 38.1 Å². The number of urea groups is 1. The van der Waals surface area contributed by atoms with Gasteiger partial charge in [0.05, 0.1) is 11.9 Å². The first-order chi connectivity index (χ1) is 10.1. The molecule has 2 heterocycles. The molecule has 6 heteroatoms. The minimum Gasteiger partial charge on any atom is -0.481 e. The largest absolute Gasteiger partial charge is 0.481 e. The maximum Gasteiger partial charge on any atom is 0.324 e. The highest BCUT2D eigenvalue weighted by atomic mass is 16.4. The van der Waals surface area contributed by atoms with Crippen LogP contribution in [0.25, 0.3) is 0 Å². The number of carboxylic acid groups (broad SMARTS) is 1. The van der Waals surface area contributed by atoms with E-state index in [1.807, 2.05) is 6.07 Å². The number of rotatable bonds is 4. The Labute approximate surface area is 124 Å². The lowest BCUT2D eigenvalue weighted by Gasteiger charge is -2.38. The standard InChI is InChI=1S/C15H21N3O3/c1-17(13-6-4-9-16-11-13)15(21)18-10-3-2-5-12(18)7-8-14(19)20/h4,6,9,11-12H,2-3,5,7-8,10H2,1H3,(H,19,20). The van der Waals surface area contributed by atoms with Crippen molar-refractivity contribution in [2.75, 3.05) is 18.5 Å². The molecule has 114 valence electrons. The monoisotopic (exact) mass is 291 g/mol. The Kier molecular flexibility index (Phi) is 5.14. The number of aliphatic carboxylic acids is 1. The van der Waals surface area contributed by atoms with Gasteiger partial charge < -0.3 is 10.0 Å². The highest BCUT2D eigenvalue weighted by Gasteiger charge is 2.29. The number of piperidine rings is 1. The summed E-state index contributed by atoms with van der Waals surface area (Å²) >= 11 is 0. The first-order valence-corrected chi connectivity index (χ1v) is 7.25. The summed E-state index contributed by atoms with van der Waals surface area (Å²) in [5.41, 5.74) is 0.741. The summed E-state index contributed by atoms with van der Waals surface area (Å²) in [6.07, 6.45) is 6.82. The number of anilines is 1. The summed E-state index contributed by atoms with van der Waals surface area (Å²) in [4.78, 5) is 30.8. The second kappa shape index (κ2) is 7.06. The second-order valence-corrected chi connectivity index (χ2v) is 5.33. The predicted octanol–water partition coefficient (Wildman–Crippen LogP) is 2.36. The SMILES string of the molecule is CN(C(=O)N1CCCCC1CCC(=O)O)c1cccnc1. The number of amides is 2. The molecule has 1 aromatic heterocycles. The molecule has 0 radical (unpaired) electrons. The van der Waals surface area contributed by atoms with Crippen molar-refractivity contribution in [1.82, 2.24) is 9.88 Å². The minimum absolute atomic E-state index is 0.0153. The molecule has 21 heavy (non-hydrogen) atoms. The smallest absolute Gasteiger partial charge is 0.324 e. The molecule has 1 fully saturated rings. The van der Waals surface area contributed by atoms with Crippen LogP contribution in [-0.2, 0) is 4.79 Å². The van der Waals surface area contributed by atoms with Crippen molar-refractivity contribution < 1.29 is 14.7 Å². The van der Waals surface area contributed by atoms with Crippen LogP contribution in [0, 0.1) is 0 Å². The van der Waals surface area contributed by atoms with Crippen molar-refractivity contribution in [3.63, 3.8) is 0 Å². The van der Waals surface area contributed by atoms with E-state index >= 15 is 0 Å². The van der Waals surface area contributed by atoms with Crippen LogP contribution in [0.2, 0.25) is 0 Å². The average Bonchev–Trinajstić information content (AvgIpc) is 2.52. The topological polar surface area (TPSA) is 73.7 Å². The number of pyridine rings is 1. The molecule has 2 amide bonds. The summed E-state index contributed by atoms with van der Waals surface area (Å²) in [5, 5.41) is 8.83. The van der Waals surface area contributed by atoms with Crippen molar-refractivity contribution >= 4 is 17.7 Å². The van der Waals surface area contributed by atoms with Gasteiger partial charge in [0.1, 0.15) is 0 Å². The molecule has 2 rings (SSSR count). The van der Waals surface area contributed by atoms with E-state index in [1.165, 1.54) is 0 Å². The van der Waals surface area contributed by atoms with Crippen LogP contribution in [0.15, 0.2) is 24.5 Å². The number of hydrogen-bond donors (Lipinski definition) is 1. The Balaban J connectivity index is 2.05. The second-order valence-electron chi connectivity index (χ2n) is 5.33. The predicted molar refractivity (Wildman–Crippen MR) is 79.3 cm³/mol. The van der Waals surface area contributed by atoms with Crippen LogP contribution >= 0.6 is 0 Å². The molecular weight excluding hydrogens is 270 g/mol. The Bertz CT molecular complexity index is 492. The molecule has 1 atom stereocenters. The molecule has 0 aromatic carbocycles. The zero-order chi connectivity index (χ0) is 15.2. The van der Waals surface area contributed by atoms with E-state index < -0.39 is 5.97 Å². The van der Waals surface area contributed by atoms with Gasteiger partial charge in [-0.05, 0) is 37.8 Å². The fourth-order valence-corrected chi connectivity index (χ4v) is 2.70. The Morgan fingerprint density at radius 3 is 2.95 bits per heavy atom. The summed E-state index contributed by atoms with van der Waals surface area (Å²) in [6.45, 7) is 0.688. The lowest BCUT2D eigenvalue weighted by Crippen LogP contribution is -2.49. The fraction of sp³-hybridized carbons (Fsp3) is 0.533. The molecule has 1 aliphatic heterocycles. The van der Waals surface area contributed by atoms with Gasteiger partial charge in [0.2, 0.25) is 0 Å². The van der Waals surface area contributed by atoms with Gasteiger partial charge in [-0.3, -0.25) is 14.7 Å². The normalized spacial score (nSPS) is 18.3. The summed E-state index contributed by atoms with van der Waals surface area (Å²) in [6, 6.07) is 3.55. The van der Waals surface area contributed by atoms with Crippen LogP contribution < -0.4 is 4.90 Å². The Morgan fingerprint density at radius 2 is 2.29 bits per heavy atom. The third-order valence-electron chi connectivity index (χ3n) is 3.88. The molecular formula is C15H21N3O3. The van der Waals surface area contributed by atoms with E-state index in [1.54, 1.807) is 35.3 Å². The zero-order valence-corrected chi connectivity index (χ0v) is 12.2.